The van der Waals surface area contributed by atoms with Gasteiger partial charge in [-0.25, -0.2) is 0 Å². The third-order valence-electron chi connectivity index (χ3n) is 3.13. The predicted octanol–water partition coefficient (Wildman–Crippen LogP) is 1.53. The lowest BCUT2D eigenvalue weighted by atomic mass is 10.1. The second kappa shape index (κ2) is 9.94. The number of unbranched alkanes of at least 4 members (excludes halogenated alkanes) is 2. The van der Waals surface area contributed by atoms with Crippen molar-refractivity contribution in [2.24, 2.45) is 0 Å². The molecular formula is C16H24N2O3. The molecule has 3 N–H and O–H groups in total. The molecule has 0 spiro atoms. The Balaban J connectivity index is 2.07. The van der Waals surface area contributed by atoms with Gasteiger partial charge in [0.2, 0.25) is 11.8 Å². The van der Waals surface area contributed by atoms with Crippen LogP contribution in [0, 0.1) is 0 Å². The van der Waals surface area contributed by atoms with E-state index in [-0.39, 0.29) is 18.4 Å². The molecular weight excluding hydrogens is 268 g/mol. The fraction of sp³-hybridized carbons (Fsp3) is 0.500. The third-order valence-corrected chi connectivity index (χ3v) is 3.13. The Morgan fingerprint density at radius 2 is 1.81 bits per heavy atom. The minimum absolute atomic E-state index is 0.0253. The minimum atomic E-state index is -0.671. The highest BCUT2D eigenvalue weighted by molar-refractivity contribution is 5.75. The SMILES string of the molecule is CC(=O)NCCCCCC(=O)NCC(O)c1ccccc1. The van der Waals surface area contributed by atoms with Crippen molar-refractivity contribution in [3.63, 3.8) is 0 Å². The molecule has 5 nitrogen and oxygen atoms in total. The van der Waals surface area contributed by atoms with Crippen LogP contribution in [0.25, 0.3) is 0 Å². The zero-order valence-electron chi connectivity index (χ0n) is 12.5. The number of nitrogens with one attached hydrogen (secondary N) is 2. The van der Waals surface area contributed by atoms with Crippen LogP contribution in [0.5, 0.6) is 0 Å². The molecule has 0 bridgehead atoms. The summed E-state index contributed by atoms with van der Waals surface area (Å²) in [7, 11) is 0. The number of aliphatic hydroxyl groups is 1. The van der Waals surface area contributed by atoms with Gasteiger partial charge >= 0.3 is 0 Å². The molecule has 5 heteroatoms. The molecule has 0 saturated heterocycles. The maximum Gasteiger partial charge on any atom is 0.220 e. The summed E-state index contributed by atoms with van der Waals surface area (Å²) in [5, 5.41) is 15.4. The maximum atomic E-state index is 11.6. The number of benzene rings is 1. The minimum Gasteiger partial charge on any atom is -0.387 e. The molecule has 2 amide bonds. The molecule has 1 unspecified atom stereocenters. The van der Waals surface area contributed by atoms with Crippen LogP contribution in [0.2, 0.25) is 0 Å². The van der Waals surface area contributed by atoms with Gasteiger partial charge in [-0.15, -0.1) is 0 Å². The quantitative estimate of drug-likeness (QED) is 0.604. The molecule has 116 valence electrons. The van der Waals surface area contributed by atoms with Gasteiger partial charge in [-0.3, -0.25) is 9.59 Å². The van der Waals surface area contributed by atoms with Crippen LogP contribution >= 0.6 is 0 Å². The first-order valence-electron chi connectivity index (χ1n) is 7.33. The molecule has 0 saturated carbocycles. The summed E-state index contributed by atoms with van der Waals surface area (Å²) < 4.78 is 0. The molecule has 1 rings (SSSR count). The monoisotopic (exact) mass is 292 g/mol. The molecule has 1 aromatic carbocycles. The lowest BCUT2D eigenvalue weighted by molar-refractivity contribution is -0.122. The van der Waals surface area contributed by atoms with E-state index in [4.69, 9.17) is 0 Å². The van der Waals surface area contributed by atoms with Crippen LogP contribution in [-0.2, 0) is 9.59 Å². The third kappa shape index (κ3) is 8.09. The molecule has 0 aromatic heterocycles. The van der Waals surface area contributed by atoms with Gasteiger partial charge in [0.15, 0.2) is 0 Å². The van der Waals surface area contributed by atoms with Crippen LogP contribution in [0.1, 0.15) is 44.3 Å². The summed E-state index contributed by atoms with van der Waals surface area (Å²) in [6.07, 6.45) is 2.33. The molecule has 0 aliphatic heterocycles. The van der Waals surface area contributed by atoms with Crippen LogP contribution < -0.4 is 10.6 Å². The Bertz CT molecular complexity index is 434. The van der Waals surface area contributed by atoms with E-state index in [2.05, 4.69) is 10.6 Å². The van der Waals surface area contributed by atoms with Crippen molar-refractivity contribution in [2.45, 2.75) is 38.7 Å². The Kier molecular flexibility index (Phi) is 8.12. The van der Waals surface area contributed by atoms with Gasteiger partial charge < -0.3 is 15.7 Å². The smallest absolute Gasteiger partial charge is 0.220 e. The number of hydrogen-bond donors (Lipinski definition) is 3. The van der Waals surface area contributed by atoms with E-state index in [0.717, 1.165) is 24.8 Å². The Labute approximate surface area is 125 Å². The van der Waals surface area contributed by atoms with Crippen molar-refractivity contribution >= 4 is 11.8 Å². The first-order valence-corrected chi connectivity index (χ1v) is 7.33. The van der Waals surface area contributed by atoms with E-state index in [0.29, 0.717) is 13.0 Å². The summed E-state index contributed by atoms with van der Waals surface area (Å²) in [5.74, 6) is -0.0767. The molecule has 21 heavy (non-hydrogen) atoms. The number of amides is 2. The highest BCUT2D eigenvalue weighted by atomic mass is 16.3. The van der Waals surface area contributed by atoms with E-state index in [1.165, 1.54) is 6.92 Å². The average molecular weight is 292 g/mol. The Hall–Kier alpha value is -1.88. The van der Waals surface area contributed by atoms with Crippen LogP contribution in [0.4, 0.5) is 0 Å². The maximum absolute atomic E-state index is 11.6. The predicted molar refractivity (Wildman–Crippen MR) is 81.6 cm³/mol. The number of rotatable bonds is 9. The summed E-state index contributed by atoms with van der Waals surface area (Å²) in [6, 6.07) is 9.26. The van der Waals surface area contributed by atoms with Gasteiger partial charge in [-0.05, 0) is 18.4 Å². The first-order chi connectivity index (χ1) is 10.1. The van der Waals surface area contributed by atoms with Crippen molar-refractivity contribution in [1.29, 1.82) is 0 Å². The van der Waals surface area contributed by atoms with Gasteiger partial charge in [-0.1, -0.05) is 36.8 Å². The molecule has 1 aromatic rings. The van der Waals surface area contributed by atoms with Crippen molar-refractivity contribution in [2.75, 3.05) is 13.1 Å². The van der Waals surface area contributed by atoms with E-state index < -0.39 is 6.10 Å². The van der Waals surface area contributed by atoms with Crippen molar-refractivity contribution in [1.82, 2.24) is 10.6 Å². The summed E-state index contributed by atoms with van der Waals surface area (Å²) in [4.78, 5) is 22.3. The van der Waals surface area contributed by atoms with Crippen molar-refractivity contribution < 1.29 is 14.7 Å². The number of carbonyl (C=O) groups excluding carboxylic acids is 2. The fourth-order valence-electron chi connectivity index (χ4n) is 1.94. The lowest BCUT2D eigenvalue weighted by Gasteiger charge is -2.12. The summed E-state index contributed by atoms with van der Waals surface area (Å²) in [6.45, 7) is 2.38. The lowest BCUT2D eigenvalue weighted by Crippen LogP contribution is -2.28. The van der Waals surface area contributed by atoms with Crippen LogP contribution in [-0.4, -0.2) is 30.0 Å². The standard InChI is InChI=1S/C16H24N2O3/c1-13(19)17-11-7-3-6-10-16(21)18-12-15(20)14-8-4-2-5-9-14/h2,4-5,8-9,15,20H,3,6-7,10-12H2,1H3,(H,17,19)(H,18,21). The Morgan fingerprint density at radius 1 is 1.10 bits per heavy atom. The van der Waals surface area contributed by atoms with Crippen molar-refractivity contribution in [3.8, 4) is 0 Å². The highest BCUT2D eigenvalue weighted by Gasteiger charge is 2.08. The number of hydrogen-bond acceptors (Lipinski definition) is 3. The van der Waals surface area contributed by atoms with E-state index >= 15 is 0 Å². The van der Waals surface area contributed by atoms with Gasteiger partial charge in [0.25, 0.3) is 0 Å². The highest BCUT2D eigenvalue weighted by Crippen LogP contribution is 2.10. The average Bonchev–Trinajstić information content (AvgIpc) is 2.49. The van der Waals surface area contributed by atoms with E-state index in [1.807, 2.05) is 30.3 Å². The van der Waals surface area contributed by atoms with E-state index in [9.17, 15) is 14.7 Å². The van der Waals surface area contributed by atoms with Gasteiger partial charge in [0.1, 0.15) is 0 Å². The fourth-order valence-corrected chi connectivity index (χ4v) is 1.94. The Morgan fingerprint density at radius 3 is 2.48 bits per heavy atom. The van der Waals surface area contributed by atoms with E-state index in [1.54, 1.807) is 0 Å². The molecule has 1 atom stereocenters. The molecule has 0 heterocycles. The molecule has 0 aliphatic rings. The van der Waals surface area contributed by atoms with Gasteiger partial charge in [0, 0.05) is 26.4 Å². The normalized spacial score (nSPS) is 11.7. The summed E-state index contributed by atoms with van der Waals surface area (Å²) in [5.41, 5.74) is 0.799. The van der Waals surface area contributed by atoms with Gasteiger partial charge in [-0.2, -0.15) is 0 Å². The van der Waals surface area contributed by atoms with Crippen LogP contribution in [0.15, 0.2) is 30.3 Å². The zero-order valence-corrected chi connectivity index (χ0v) is 12.5. The number of carbonyl (C=O) groups is 2. The first kappa shape index (κ1) is 17.2. The largest absolute Gasteiger partial charge is 0.387 e. The van der Waals surface area contributed by atoms with Crippen molar-refractivity contribution in [3.05, 3.63) is 35.9 Å². The molecule has 0 radical (unpaired) electrons. The van der Waals surface area contributed by atoms with Gasteiger partial charge in [0.05, 0.1) is 6.10 Å². The zero-order chi connectivity index (χ0) is 15.5. The molecule has 0 aliphatic carbocycles. The van der Waals surface area contributed by atoms with Crippen LogP contribution in [0.3, 0.4) is 0 Å². The number of aliphatic hydroxyl groups excluding tert-OH is 1. The second-order valence-electron chi connectivity index (χ2n) is 5.02. The topological polar surface area (TPSA) is 78.4 Å². The second-order valence-corrected chi connectivity index (χ2v) is 5.02. The molecule has 0 fully saturated rings. The summed E-state index contributed by atoms with van der Waals surface area (Å²) >= 11 is 0.